The van der Waals surface area contributed by atoms with Gasteiger partial charge < -0.3 is 43.6 Å². The first kappa shape index (κ1) is 56.6. The van der Waals surface area contributed by atoms with Crippen molar-refractivity contribution in [2.75, 3.05) is 52.9 Å². The van der Waals surface area contributed by atoms with Crippen LogP contribution < -0.4 is 0 Å². The van der Waals surface area contributed by atoms with Gasteiger partial charge in [-0.15, -0.1) is 0 Å². The lowest BCUT2D eigenvalue weighted by molar-refractivity contribution is 0.0476. The van der Waals surface area contributed by atoms with Gasteiger partial charge in [0.05, 0.1) is 26.4 Å². The van der Waals surface area contributed by atoms with Crippen molar-refractivity contribution in [2.45, 2.75) is 181 Å². The van der Waals surface area contributed by atoms with E-state index in [2.05, 4.69) is 131 Å². The molecule has 0 fully saturated rings. The van der Waals surface area contributed by atoms with Gasteiger partial charge in [0, 0.05) is 26.4 Å². The number of hydrogen-bond acceptors (Lipinski definition) is 10. The summed E-state index contributed by atoms with van der Waals surface area (Å²) in [5.74, 6) is 0. The third kappa shape index (κ3) is 34.9. The van der Waals surface area contributed by atoms with E-state index >= 15 is 0 Å². The van der Waals surface area contributed by atoms with Crippen molar-refractivity contribution in [1.82, 2.24) is 0 Å². The van der Waals surface area contributed by atoms with Gasteiger partial charge in [-0.1, -0.05) is 0 Å². The molecule has 10 nitrogen and oxygen atoms in total. The van der Waals surface area contributed by atoms with Gasteiger partial charge >= 0.3 is 25.7 Å². The van der Waals surface area contributed by atoms with E-state index in [4.69, 9.17) is 43.6 Å². The molecular weight excluding hydrogens is 845 g/mol. The molecular formula is C36H92O10Si9. The molecule has 332 valence electrons. The number of ether oxygens (including phenoxy) is 4. The quantitative estimate of drug-likeness (QED) is 0.0459. The van der Waals surface area contributed by atoms with Crippen LogP contribution in [-0.2, 0) is 43.6 Å². The third-order valence-corrected chi connectivity index (χ3v) is 38.5. The summed E-state index contributed by atoms with van der Waals surface area (Å²) >= 11 is 0. The lowest BCUT2D eigenvalue weighted by Crippen LogP contribution is -2.52. The average Bonchev–Trinajstić information content (AvgIpc) is 2.89. The first-order chi connectivity index (χ1) is 24.7. The minimum absolute atomic E-state index is 0.622. The van der Waals surface area contributed by atoms with Crippen LogP contribution in [-0.4, -0.2) is 128 Å². The van der Waals surface area contributed by atoms with Crippen molar-refractivity contribution in [3.05, 3.63) is 0 Å². The zero-order chi connectivity index (χ0) is 42.9. The molecule has 0 aliphatic carbocycles. The molecule has 0 radical (unpaired) electrons. The average molecular weight is 938 g/mol. The molecule has 0 bridgehead atoms. The largest absolute Gasteiger partial charge is 0.437 e. The minimum atomic E-state index is -2.26. The maximum Gasteiger partial charge on any atom is 0.314 e. The molecule has 0 unspecified atom stereocenters. The molecule has 19 heteroatoms. The summed E-state index contributed by atoms with van der Waals surface area (Å²) in [6, 6.07) is 4.07. The Labute approximate surface area is 351 Å². The second-order valence-electron chi connectivity index (χ2n) is 21.1. The Balaban J connectivity index is 4.26. The van der Waals surface area contributed by atoms with Gasteiger partial charge in [-0.05, 0) is 181 Å². The monoisotopic (exact) mass is 936 g/mol. The zero-order valence-electron chi connectivity index (χ0n) is 39.9. The summed E-state index contributed by atoms with van der Waals surface area (Å²) in [5, 5.41) is 0. The lowest BCUT2D eigenvalue weighted by atomic mass is 10.5. The molecule has 0 aliphatic heterocycles. The van der Waals surface area contributed by atoms with E-state index in [0.717, 1.165) is 76.3 Å². The van der Waals surface area contributed by atoms with Crippen molar-refractivity contribution in [3.8, 4) is 0 Å². The van der Waals surface area contributed by atoms with Gasteiger partial charge in [0.25, 0.3) is 0 Å². The molecule has 0 amide bonds. The van der Waals surface area contributed by atoms with E-state index in [0.29, 0.717) is 26.4 Å². The Kier molecular flexibility index (Phi) is 25.6. The van der Waals surface area contributed by atoms with Gasteiger partial charge in [-0.3, -0.25) is 0 Å². The minimum Gasteiger partial charge on any atom is -0.437 e. The summed E-state index contributed by atoms with van der Waals surface area (Å²) in [5.41, 5.74) is 0. The molecule has 0 spiro atoms. The van der Waals surface area contributed by atoms with E-state index in [1.165, 1.54) is 0 Å². The highest BCUT2D eigenvalue weighted by Crippen LogP contribution is 2.28. The molecule has 0 N–H and O–H groups in total. The van der Waals surface area contributed by atoms with Crippen LogP contribution in [0.2, 0.25) is 155 Å². The van der Waals surface area contributed by atoms with Crippen LogP contribution in [0, 0.1) is 0 Å². The fraction of sp³-hybridized carbons (Fsp3) is 1.00. The molecule has 0 atom stereocenters. The van der Waals surface area contributed by atoms with Crippen molar-refractivity contribution in [3.63, 3.8) is 0 Å². The van der Waals surface area contributed by atoms with Gasteiger partial charge in [0.1, 0.15) is 0 Å². The highest BCUT2D eigenvalue weighted by molar-refractivity contribution is 6.89. The van der Waals surface area contributed by atoms with Crippen LogP contribution in [0.5, 0.6) is 0 Å². The zero-order valence-corrected chi connectivity index (χ0v) is 48.9. The smallest absolute Gasteiger partial charge is 0.314 e. The van der Waals surface area contributed by atoms with E-state index in [9.17, 15) is 0 Å². The predicted molar refractivity (Wildman–Crippen MR) is 257 cm³/mol. The Morgan fingerprint density at radius 2 is 0.473 bits per heavy atom. The predicted octanol–water partition coefficient (Wildman–Crippen LogP) is 11.3. The van der Waals surface area contributed by atoms with Crippen molar-refractivity contribution >= 4 is 75.6 Å². The topological polar surface area (TPSA) is 92.3 Å². The first-order valence-electron chi connectivity index (χ1n) is 21.2. The Morgan fingerprint density at radius 1 is 0.255 bits per heavy atom. The van der Waals surface area contributed by atoms with Crippen LogP contribution >= 0.6 is 0 Å². The van der Waals surface area contributed by atoms with Crippen LogP contribution in [0.15, 0.2) is 0 Å². The molecule has 0 aliphatic rings. The van der Waals surface area contributed by atoms with Gasteiger partial charge in [-0.2, -0.15) is 0 Å². The van der Waals surface area contributed by atoms with Gasteiger partial charge in [0.15, 0.2) is 49.9 Å². The summed E-state index contributed by atoms with van der Waals surface area (Å²) in [4.78, 5) is 0. The molecule has 0 aromatic rings. The Hall–Kier alpha value is 1.55. The third-order valence-electron chi connectivity index (χ3n) is 7.85. The fourth-order valence-electron chi connectivity index (χ4n) is 7.12. The summed E-state index contributed by atoms with van der Waals surface area (Å²) in [7, 11) is -17.1. The van der Waals surface area contributed by atoms with Crippen LogP contribution in [0.1, 0.15) is 25.7 Å². The van der Waals surface area contributed by atoms with E-state index in [1.54, 1.807) is 0 Å². The van der Waals surface area contributed by atoms with E-state index in [-0.39, 0.29) is 0 Å². The van der Waals surface area contributed by atoms with Crippen LogP contribution in [0.3, 0.4) is 0 Å². The second-order valence-corrected chi connectivity index (χ2v) is 59.3. The van der Waals surface area contributed by atoms with Gasteiger partial charge in [0.2, 0.25) is 0 Å². The molecule has 0 aromatic carbocycles. The normalized spacial score (nSPS) is 14.6. The SMILES string of the molecule is C[Si](C)(C)O[Si](C)(CCCOCCOCCC[Si](C)(C)O[Si](C)(C)O[Si](C)(C)CCCOCCOCCC[Si](C)(O[Si](C)(C)C)O[Si](C)(C)C)O[Si](C)(C)C. The molecule has 55 heavy (non-hydrogen) atoms. The second kappa shape index (κ2) is 24.9. The fourth-order valence-corrected chi connectivity index (χ4v) is 46.1. The van der Waals surface area contributed by atoms with Crippen LogP contribution in [0.25, 0.3) is 0 Å². The highest BCUT2D eigenvalue weighted by atomic mass is 28.5. The van der Waals surface area contributed by atoms with Crippen molar-refractivity contribution < 1.29 is 43.6 Å². The number of rotatable bonds is 34. The van der Waals surface area contributed by atoms with E-state index < -0.39 is 75.6 Å². The molecule has 0 rings (SSSR count). The standard InChI is InChI=1S/C36H92O10Si9/c1-47(2,3)41-54(19,42-48(4,5)6)35-23-27-39-31-29-37-25-21-33-51(13,14)45-53(17,18)46-52(15,16)34-22-26-38-30-32-40-28-24-36-55(20,43-49(7,8)9)44-50(10,11)12/h21-36H2,1-20H3. The number of hydrogen-bond donors (Lipinski definition) is 0. The maximum absolute atomic E-state index is 6.82. The lowest BCUT2D eigenvalue weighted by Gasteiger charge is -2.39. The molecule has 0 saturated carbocycles. The van der Waals surface area contributed by atoms with Crippen molar-refractivity contribution in [2.24, 2.45) is 0 Å². The highest BCUT2D eigenvalue weighted by Gasteiger charge is 2.42. The maximum atomic E-state index is 6.82. The van der Waals surface area contributed by atoms with Crippen LogP contribution in [0.4, 0.5) is 0 Å². The first-order valence-corrected chi connectivity index (χ1v) is 48.9. The van der Waals surface area contributed by atoms with E-state index in [1.807, 2.05) is 0 Å². The van der Waals surface area contributed by atoms with Crippen molar-refractivity contribution in [1.29, 1.82) is 0 Å². The summed E-state index contributed by atoms with van der Waals surface area (Å²) < 4.78 is 63.7. The Bertz CT molecular complexity index is 918. The molecule has 0 heterocycles. The van der Waals surface area contributed by atoms with Gasteiger partial charge in [-0.25, -0.2) is 0 Å². The summed E-state index contributed by atoms with van der Waals surface area (Å²) in [6.07, 6.45) is 3.93. The molecule has 0 aromatic heterocycles. The summed E-state index contributed by atoms with van der Waals surface area (Å²) in [6.45, 7) is 50.6. The Morgan fingerprint density at radius 3 is 0.691 bits per heavy atom. The molecule has 0 saturated heterocycles.